The molecule has 0 aromatic carbocycles. The lowest BCUT2D eigenvalue weighted by Crippen LogP contribution is -2.48. The largest absolute Gasteiger partial charge is 0.491 e. The van der Waals surface area contributed by atoms with Crippen LogP contribution in [0.2, 0.25) is 10.3 Å². The van der Waals surface area contributed by atoms with Crippen LogP contribution in [0.5, 0.6) is 5.75 Å². The zero-order chi connectivity index (χ0) is 22.2. The molecule has 1 aliphatic carbocycles. The number of aryl methyl sites for hydroxylation is 1. The first kappa shape index (κ1) is 21.1. The number of hydrogen-bond donors (Lipinski definition) is 0. The molecule has 3 aromatic rings. The summed E-state index contributed by atoms with van der Waals surface area (Å²) in [7, 11) is 0. The van der Waals surface area contributed by atoms with E-state index in [0.717, 1.165) is 18.5 Å². The van der Waals surface area contributed by atoms with Gasteiger partial charge in [0.15, 0.2) is 5.82 Å². The number of pyridine rings is 2. The van der Waals surface area contributed by atoms with Gasteiger partial charge in [0.25, 0.3) is 5.91 Å². The van der Waals surface area contributed by atoms with Crippen LogP contribution in [0, 0.1) is 18.8 Å². The molecule has 0 bridgehead atoms. The Balaban J connectivity index is 1.42. The van der Waals surface area contributed by atoms with Crippen LogP contribution in [-0.2, 0) is 0 Å². The fraction of sp³-hybridized carbons (Fsp3) is 0.348. The molecular weight excluding hydrogens is 449 g/mol. The van der Waals surface area contributed by atoms with E-state index in [0.29, 0.717) is 47.8 Å². The molecule has 0 radical (unpaired) electrons. The van der Waals surface area contributed by atoms with Gasteiger partial charge in [-0.3, -0.25) is 4.79 Å². The minimum atomic E-state index is -0.124. The summed E-state index contributed by atoms with van der Waals surface area (Å²) < 4.78 is 5.98. The number of ether oxygens (including phenoxy) is 1. The third kappa shape index (κ3) is 4.40. The third-order valence-corrected chi connectivity index (χ3v) is 6.39. The Labute approximate surface area is 195 Å². The second-order valence-corrected chi connectivity index (χ2v) is 9.06. The lowest BCUT2D eigenvalue weighted by molar-refractivity contribution is 0.0507. The first-order valence-corrected chi connectivity index (χ1v) is 11.3. The molecule has 3 aromatic heterocycles. The Morgan fingerprint density at radius 3 is 2.59 bits per heavy atom. The van der Waals surface area contributed by atoms with Crippen LogP contribution in [0.1, 0.15) is 29.0 Å². The Hall–Kier alpha value is -2.77. The van der Waals surface area contributed by atoms with E-state index in [1.165, 1.54) is 0 Å². The number of carbonyl (C=O) groups excluding carboxylic acids is 1. The molecule has 0 unspecified atom stereocenters. The van der Waals surface area contributed by atoms with Crippen LogP contribution in [0.25, 0.3) is 11.4 Å². The number of piperidine rings is 1. The van der Waals surface area contributed by atoms with Crippen molar-refractivity contribution in [3.63, 3.8) is 0 Å². The van der Waals surface area contributed by atoms with Crippen LogP contribution in [0.3, 0.4) is 0 Å². The van der Waals surface area contributed by atoms with E-state index in [2.05, 4.69) is 19.9 Å². The zero-order valence-electron chi connectivity index (χ0n) is 17.4. The molecule has 7 nitrogen and oxygen atoms in total. The first-order valence-electron chi connectivity index (χ1n) is 10.5. The van der Waals surface area contributed by atoms with Crippen molar-refractivity contribution in [3.8, 4) is 17.1 Å². The summed E-state index contributed by atoms with van der Waals surface area (Å²) in [6, 6.07) is 8.64. The number of aromatic nitrogens is 4. The number of carbonyl (C=O) groups is 1. The van der Waals surface area contributed by atoms with Gasteiger partial charge in [0, 0.05) is 36.8 Å². The SMILES string of the molecule is Cc1ccc(-c2ncccn2)c(C(=O)N2C[C@@H]3C[C@@H]3C[C@H]2COc2cc(Cl)nc(Cl)c2)n1. The van der Waals surface area contributed by atoms with E-state index in [1.54, 1.807) is 30.6 Å². The lowest BCUT2D eigenvalue weighted by Gasteiger charge is -2.35. The first-order chi connectivity index (χ1) is 15.5. The summed E-state index contributed by atoms with van der Waals surface area (Å²) in [6.45, 7) is 2.91. The maximum atomic E-state index is 13.7. The van der Waals surface area contributed by atoms with Crippen LogP contribution in [0.4, 0.5) is 0 Å². The highest BCUT2D eigenvalue weighted by atomic mass is 35.5. The molecular formula is C23H21Cl2N5O2. The van der Waals surface area contributed by atoms with Gasteiger partial charge in [0.2, 0.25) is 0 Å². The van der Waals surface area contributed by atoms with Crippen molar-refractivity contribution in [2.45, 2.75) is 25.8 Å². The number of halogens is 2. The van der Waals surface area contributed by atoms with Crippen molar-refractivity contribution in [2.24, 2.45) is 11.8 Å². The van der Waals surface area contributed by atoms with E-state index < -0.39 is 0 Å². The van der Waals surface area contributed by atoms with E-state index in [4.69, 9.17) is 27.9 Å². The molecule has 9 heteroatoms. The summed E-state index contributed by atoms with van der Waals surface area (Å²) in [5.41, 5.74) is 1.77. The molecule has 1 aliphatic heterocycles. The van der Waals surface area contributed by atoms with Gasteiger partial charge in [0.1, 0.15) is 28.4 Å². The summed E-state index contributed by atoms with van der Waals surface area (Å²) in [5, 5.41) is 0.533. The molecule has 4 heterocycles. The molecule has 1 saturated carbocycles. The Bertz CT molecular complexity index is 1140. The van der Waals surface area contributed by atoms with Crippen molar-refractivity contribution in [3.05, 3.63) is 64.4 Å². The smallest absolute Gasteiger partial charge is 0.273 e. The predicted molar refractivity (Wildman–Crippen MR) is 121 cm³/mol. The van der Waals surface area contributed by atoms with Crippen molar-refractivity contribution >= 4 is 29.1 Å². The topological polar surface area (TPSA) is 81.1 Å². The summed E-state index contributed by atoms with van der Waals surface area (Å²) in [4.78, 5) is 32.8. The molecule has 3 atom stereocenters. The highest BCUT2D eigenvalue weighted by molar-refractivity contribution is 6.32. The number of amides is 1. The number of nitrogens with zero attached hydrogens (tertiary/aromatic N) is 5. The number of likely N-dealkylation sites (tertiary alicyclic amines) is 1. The predicted octanol–water partition coefficient (Wildman–Crippen LogP) is 4.48. The van der Waals surface area contributed by atoms with Gasteiger partial charge in [-0.05, 0) is 49.8 Å². The van der Waals surface area contributed by atoms with Crippen LogP contribution in [-0.4, -0.2) is 49.9 Å². The Morgan fingerprint density at radius 2 is 1.84 bits per heavy atom. The minimum absolute atomic E-state index is 0.0798. The van der Waals surface area contributed by atoms with Gasteiger partial charge in [-0.2, -0.15) is 0 Å². The van der Waals surface area contributed by atoms with E-state index in [-0.39, 0.29) is 22.3 Å². The van der Waals surface area contributed by atoms with Gasteiger partial charge in [0.05, 0.1) is 11.6 Å². The second kappa shape index (κ2) is 8.64. The Kier molecular flexibility index (Phi) is 5.69. The monoisotopic (exact) mass is 469 g/mol. The van der Waals surface area contributed by atoms with Gasteiger partial charge in [-0.15, -0.1) is 0 Å². The van der Waals surface area contributed by atoms with Gasteiger partial charge >= 0.3 is 0 Å². The molecule has 164 valence electrons. The molecule has 0 spiro atoms. The fourth-order valence-corrected chi connectivity index (χ4v) is 4.74. The molecule has 2 aliphatic rings. The molecule has 32 heavy (non-hydrogen) atoms. The van der Waals surface area contributed by atoms with Gasteiger partial charge < -0.3 is 9.64 Å². The van der Waals surface area contributed by atoms with Gasteiger partial charge in [-0.1, -0.05) is 23.2 Å². The summed E-state index contributed by atoms with van der Waals surface area (Å²) in [5.74, 6) is 2.08. The number of fused-ring (bicyclic) bond motifs is 1. The van der Waals surface area contributed by atoms with Gasteiger partial charge in [-0.25, -0.2) is 19.9 Å². The average Bonchev–Trinajstić information content (AvgIpc) is 3.55. The molecule has 1 amide bonds. The highest BCUT2D eigenvalue weighted by Gasteiger charge is 2.47. The van der Waals surface area contributed by atoms with E-state index in [1.807, 2.05) is 24.0 Å². The fourth-order valence-electron chi connectivity index (χ4n) is 4.30. The second-order valence-electron chi connectivity index (χ2n) is 8.28. The van der Waals surface area contributed by atoms with Crippen molar-refractivity contribution in [1.29, 1.82) is 0 Å². The summed E-state index contributed by atoms with van der Waals surface area (Å²) in [6.07, 6.45) is 5.36. The van der Waals surface area contributed by atoms with Crippen molar-refractivity contribution in [1.82, 2.24) is 24.8 Å². The number of rotatable bonds is 5. The van der Waals surface area contributed by atoms with Crippen molar-refractivity contribution in [2.75, 3.05) is 13.2 Å². The Morgan fingerprint density at radius 1 is 1.09 bits per heavy atom. The molecule has 2 fully saturated rings. The lowest BCUT2D eigenvalue weighted by atomic mass is 10.0. The molecule has 1 saturated heterocycles. The quantitative estimate of drug-likeness (QED) is 0.512. The standard InChI is InChI=1S/C23H21Cl2N5O2/c1-13-3-4-18(22-26-5-2-6-27-22)21(28-13)23(31)30-11-15-7-14(15)8-16(30)12-32-17-9-19(24)29-20(25)10-17/h2-6,9-10,14-16H,7-8,11-12H2,1H3/t14-,15+,16+/m1/s1. The zero-order valence-corrected chi connectivity index (χ0v) is 18.9. The minimum Gasteiger partial charge on any atom is -0.491 e. The maximum absolute atomic E-state index is 13.7. The maximum Gasteiger partial charge on any atom is 0.273 e. The van der Waals surface area contributed by atoms with E-state index in [9.17, 15) is 4.79 Å². The average molecular weight is 470 g/mol. The number of hydrogen-bond acceptors (Lipinski definition) is 6. The van der Waals surface area contributed by atoms with Crippen LogP contribution < -0.4 is 4.74 Å². The normalized spacial score (nSPS) is 21.7. The van der Waals surface area contributed by atoms with E-state index >= 15 is 0 Å². The van der Waals surface area contributed by atoms with Crippen LogP contribution >= 0.6 is 23.2 Å². The summed E-state index contributed by atoms with van der Waals surface area (Å²) >= 11 is 12.0. The van der Waals surface area contributed by atoms with Crippen molar-refractivity contribution < 1.29 is 9.53 Å². The van der Waals surface area contributed by atoms with Crippen LogP contribution in [0.15, 0.2) is 42.7 Å². The highest BCUT2D eigenvalue weighted by Crippen LogP contribution is 2.47. The molecule has 5 rings (SSSR count). The molecule has 0 N–H and O–H groups in total. The third-order valence-electron chi connectivity index (χ3n) is 6.00.